The van der Waals surface area contributed by atoms with Crippen LogP contribution < -0.4 is 10.2 Å². The maximum absolute atomic E-state index is 4.41. The van der Waals surface area contributed by atoms with Crippen LogP contribution in [0.15, 0.2) is 11.7 Å². The number of likely N-dealkylation sites (N-methyl/N-ethyl adjacent to an activating group) is 1. The van der Waals surface area contributed by atoms with Crippen molar-refractivity contribution in [2.24, 2.45) is 0 Å². The molecule has 5 heteroatoms. The van der Waals surface area contributed by atoms with E-state index in [0.29, 0.717) is 6.04 Å². The average molecular weight is 234 g/mol. The molecule has 3 rings (SSSR count). The summed E-state index contributed by atoms with van der Waals surface area (Å²) >= 11 is 1.74. The molecule has 0 atom stereocenters. The van der Waals surface area contributed by atoms with Gasteiger partial charge in [-0.15, -0.1) is 11.3 Å². The number of rotatable bonds is 2. The summed E-state index contributed by atoms with van der Waals surface area (Å²) in [4.78, 5) is 11.1. The fourth-order valence-electron chi connectivity index (χ4n) is 2.02. The predicted molar refractivity (Wildman–Crippen MR) is 67.2 cm³/mol. The second-order valence-electron chi connectivity index (χ2n) is 4.18. The van der Waals surface area contributed by atoms with Crippen LogP contribution in [0, 0.1) is 6.92 Å². The minimum absolute atomic E-state index is 0.603. The third-order valence-corrected chi connectivity index (χ3v) is 4.18. The van der Waals surface area contributed by atoms with E-state index in [2.05, 4.69) is 32.5 Å². The Balaban J connectivity index is 1.98. The largest absolute Gasteiger partial charge is 0.352 e. The van der Waals surface area contributed by atoms with E-state index in [0.717, 1.165) is 24.4 Å². The molecule has 3 heterocycles. The monoisotopic (exact) mass is 234 g/mol. The van der Waals surface area contributed by atoms with E-state index in [9.17, 15) is 0 Å². The molecule has 0 bridgehead atoms. The molecule has 2 aromatic heterocycles. The van der Waals surface area contributed by atoms with Gasteiger partial charge in [0.05, 0.1) is 10.2 Å². The van der Waals surface area contributed by atoms with E-state index >= 15 is 0 Å². The summed E-state index contributed by atoms with van der Waals surface area (Å²) in [5.41, 5.74) is 2.34. The van der Waals surface area contributed by atoms with Crippen molar-refractivity contribution in [1.29, 1.82) is 0 Å². The second-order valence-corrected chi connectivity index (χ2v) is 5.06. The number of nitrogens with zero attached hydrogens (tertiary/aromatic N) is 3. The molecular formula is C11H14N4S. The van der Waals surface area contributed by atoms with Crippen LogP contribution in [0.4, 0.5) is 5.82 Å². The first kappa shape index (κ1) is 9.99. The quantitative estimate of drug-likeness (QED) is 0.853. The number of aromatic nitrogens is 2. The van der Waals surface area contributed by atoms with Crippen LogP contribution in [0.3, 0.4) is 0 Å². The lowest BCUT2D eigenvalue weighted by atomic mass is 10.1. The molecule has 0 amide bonds. The highest BCUT2D eigenvalue weighted by Gasteiger charge is 2.28. The Morgan fingerprint density at radius 2 is 2.25 bits per heavy atom. The van der Waals surface area contributed by atoms with Crippen LogP contribution in [0.1, 0.15) is 5.56 Å². The molecule has 0 aromatic carbocycles. The van der Waals surface area contributed by atoms with Crippen LogP contribution >= 0.6 is 11.3 Å². The zero-order valence-corrected chi connectivity index (χ0v) is 10.2. The van der Waals surface area contributed by atoms with Crippen LogP contribution in [-0.4, -0.2) is 36.1 Å². The maximum Gasteiger partial charge on any atom is 0.150 e. The van der Waals surface area contributed by atoms with Gasteiger partial charge in [0.15, 0.2) is 0 Å². The van der Waals surface area contributed by atoms with E-state index in [4.69, 9.17) is 0 Å². The Bertz CT molecular complexity index is 516. The molecule has 0 spiro atoms. The minimum atomic E-state index is 0.603. The van der Waals surface area contributed by atoms with Gasteiger partial charge in [-0.25, -0.2) is 9.97 Å². The summed E-state index contributed by atoms with van der Waals surface area (Å²) in [7, 11) is 2.01. The molecular weight excluding hydrogens is 220 g/mol. The van der Waals surface area contributed by atoms with Gasteiger partial charge in [-0.1, -0.05) is 0 Å². The van der Waals surface area contributed by atoms with Crippen LogP contribution in [0.5, 0.6) is 0 Å². The first-order valence-electron chi connectivity index (χ1n) is 5.40. The molecule has 0 saturated carbocycles. The zero-order chi connectivity index (χ0) is 11.1. The van der Waals surface area contributed by atoms with Crippen molar-refractivity contribution >= 4 is 27.4 Å². The molecule has 0 unspecified atom stereocenters. The number of aryl methyl sites for hydroxylation is 1. The first-order chi connectivity index (χ1) is 7.79. The molecule has 84 valence electrons. The van der Waals surface area contributed by atoms with Crippen molar-refractivity contribution in [2.45, 2.75) is 13.0 Å². The van der Waals surface area contributed by atoms with Crippen molar-refractivity contribution < 1.29 is 0 Å². The van der Waals surface area contributed by atoms with Crippen LogP contribution in [0.2, 0.25) is 0 Å². The average Bonchev–Trinajstić information content (AvgIpc) is 2.60. The Morgan fingerprint density at radius 1 is 1.44 bits per heavy atom. The van der Waals surface area contributed by atoms with Crippen molar-refractivity contribution in [3.8, 4) is 0 Å². The number of thiophene rings is 1. The SMILES string of the molecule is CNC1CN(c2ncnc3c(C)csc23)C1. The molecule has 1 N–H and O–H groups in total. The molecule has 4 nitrogen and oxygen atoms in total. The molecule has 0 radical (unpaired) electrons. The maximum atomic E-state index is 4.41. The normalized spacial score (nSPS) is 16.8. The fraction of sp³-hybridized carbons (Fsp3) is 0.455. The third kappa shape index (κ3) is 1.39. The van der Waals surface area contributed by atoms with Gasteiger partial charge in [0.2, 0.25) is 0 Å². The zero-order valence-electron chi connectivity index (χ0n) is 9.40. The molecule has 16 heavy (non-hydrogen) atoms. The fourth-order valence-corrected chi connectivity index (χ4v) is 3.04. The lowest BCUT2D eigenvalue weighted by molar-refractivity contribution is 0.448. The highest BCUT2D eigenvalue weighted by Crippen LogP contribution is 2.32. The first-order valence-corrected chi connectivity index (χ1v) is 6.28. The van der Waals surface area contributed by atoms with Gasteiger partial charge in [-0.2, -0.15) is 0 Å². The van der Waals surface area contributed by atoms with Crippen LogP contribution in [-0.2, 0) is 0 Å². The second kappa shape index (κ2) is 3.68. The lowest BCUT2D eigenvalue weighted by Gasteiger charge is -2.39. The van der Waals surface area contributed by atoms with Gasteiger partial charge in [-0.3, -0.25) is 0 Å². The number of hydrogen-bond acceptors (Lipinski definition) is 5. The molecule has 1 aliphatic heterocycles. The highest BCUT2D eigenvalue weighted by molar-refractivity contribution is 7.18. The van der Waals surface area contributed by atoms with Crippen molar-refractivity contribution in [1.82, 2.24) is 15.3 Å². The summed E-state index contributed by atoms with van der Waals surface area (Å²) in [6.07, 6.45) is 1.67. The van der Waals surface area contributed by atoms with E-state index < -0.39 is 0 Å². The molecule has 1 saturated heterocycles. The minimum Gasteiger partial charge on any atom is -0.352 e. The summed E-state index contributed by atoms with van der Waals surface area (Å²) in [6, 6.07) is 0.603. The summed E-state index contributed by atoms with van der Waals surface area (Å²) in [5, 5.41) is 5.42. The Labute approximate surface area is 98.3 Å². The Kier molecular flexibility index (Phi) is 2.29. The molecule has 2 aromatic rings. The van der Waals surface area contributed by atoms with E-state index in [1.807, 2.05) is 7.05 Å². The van der Waals surface area contributed by atoms with Crippen molar-refractivity contribution in [3.63, 3.8) is 0 Å². The number of nitrogens with one attached hydrogen (secondary N) is 1. The standard InChI is InChI=1S/C11H14N4S/c1-7-5-16-10-9(7)13-6-14-11(10)15-3-8(4-15)12-2/h5-6,8,12H,3-4H2,1-2H3. The summed E-state index contributed by atoms with van der Waals surface area (Å²) in [5.74, 6) is 1.09. The number of fused-ring (bicyclic) bond motifs is 1. The van der Waals surface area contributed by atoms with Gasteiger partial charge in [0.1, 0.15) is 12.1 Å². The van der Waals surface area contributed by atoms with Gasteiger partial charge >= 0.3 is 0 Å². The van der Waals surface area contributed by atoms with E-state index in [1.54, 1.807) is 17.7 Å². The summed E-state index contributed by atoms with van der Waals surface area (Å²) < 4.78 is 1.22. The Hall–Kier alpha value is -1.20. The molecule has 1 aliphatic rings. The van der Waals surface area contributed by atoms with E-state index in [-0.39, 0.29) is 0 Å². The highest BCUT2D eigenvalue weighted by atomic mass is 32.1. The summed E-state index contributed by atoms with van der Waals surface area (Å²) in [6.45, 7) is 4.18. The Morgan fingerprint density at radius 3 is 3.00 bits per heavy atom. The molecule has 1 fully saturated rings. The topological polar surface area (TPSA) is 41.0 Å². The number of anilines is 1. The van der Waals surface area contributed by atoms with Crippen LogP contribution in [0.25, 0.3) is 10.2 Å². The van der Waals surface area contributed by atoms with Crippen molar-refractivity contribution in [2.75, 3.05) is 25.0 Å². The third-order valence-electron chi connectivity index (χ3n) is 3.10. The van der Waals surface area contributed by atoms with E-state index in [1.165, 1.54) is 10.3 Å². The van der Waals surface area contributed by atoms with Gasteiger partial charge < -0.3 is 10.2 Å². The predicted octanol–water partition coefficient (Wildman–Crippen LogP) is 1.41. The molecule has 0 aliphatic carbocycles. The van der Waals surface area contributed by atoms with Gasteiger partial charge in [-0.05, 0) is 24.9 Å². The number of hydrogen-bond donors (Lipinski definition) is 1. The lowest BCUT2D eigenvalue weighted by Crippen LogP contribution is -2.57. The smallest absolute Gasteiger partial charge is 0.150 e. The van der Waals surface area contributed by atoms with Crippen molar-refractivity contribution in [3.05, 3.63) is 17.3 Å². The van der Waals surface area contributed by atoms with Gasteiger partial charge in [0, 0.05) is 19.1 Å². The van der Waals surface area contributed by atoms with Gasteiger partial charge in [0.25, 0.3) is 0 Å².